The number of methoxy groups -OCH3 is 1. The number of nitrogens with zero attached hydrogens (tertiary/aromatic N) is 3. The molecule has 0 bridgehead atoms. The van der Waals surface area contributed by atoms with Crippen LogP contribution in [0, 0.1) is 0 Å². The molecule has 0 unspecified atom stereocenters. The Hall–Kier alpha value is -2.15. The van der Waals surface area contributed by atoms with E-state index in [1.165, 1.54) is 6.20 Å². The van der Waals surface area contributed by atoms with Crippen LogP contribution in [0.1, 0.15) is 10.4 Å². The van der Waals surface area contributed by atoms with Gasteiger partial charge in [-0.05, 0) is 0 Å². The van der Waals surface area contributed by atoms with E-state index in [1.807, 2.05) is 0 Å². The third kappa shape index (κ3) is 2.12. The summed E-state index contributed by atoms with van der Waals surface area (Å²) in [6, 6.07) is 0. The first-order valence-electron chi connectivity index (χ1n) is 5.42. The van der Waals surface area contributed by atoms with Crippen molar-refractivity contribution in [2.24, 2.45) is 7.05 Å². The summed E-state index contributed by atoms with van der Waals surface area (Å²) >= 11 is 0. The van der Waals surface area contributed by atoms with Gasteiger partial charge in [0.15, 0.2) is 5.65 Å². The predicted octanol–water partition coefficient (Wildman–Crippen LogP) is 0.725. The summed E-state index contributed by atoms with van der Waals surface area (Å²) < 4.78 is 6.53. The summed E-state index contributed by atoms with van der Waals surface area (Å²) in [6.45, 7) is 1.01. The number of anilines is 1. The number of hydrogen-bond acceptors (Lipinski definition) is 5. The van der Waals surface area contributed by atoms with Crippen molar-refractivity contribution in [3.05, 3.63) is 18.0 Å². The Morgan fingerprint density at radius 2 is 2.33 bits per heavy atom. The van der Waals surface area contributed by atoms with E-state index in [0.717, 1.165) is 0 Å². The molecule has 0 aliphatic rings. The standard InChI is InChI=1S/C11H14N4O3/c1-15-10-7(6-14-15)9(12-3-4-18-2)8(5-13-10)11(16)17/h5-6H,3-4H2,1-2H3,(H,12,13)(H,16,17). The number of carboxylic acids is 1. The predicted molar refractivity (Wildman–Crippen MR) is 65.8 cm³/mol. The van der Waals surface area contributed by atoms with Gasteiger partial charge in [0.2, 0.25) is 0 Å². The van der Waals surface area contributed by atoms with Gasteiger partial charge in [-0.25, -0.2) is 9.78 Å². The highest BCUT2D eigenvalue weighted by Gasteiger charge is 2.16. The van der Waals surface area contributed by atoms with E-state index in [1.54, 1.807) is 25.0 Å². The zero-order valence-electron chi connectivity index (χ0n) is 10.2. The first-order chi connectivity index (χ1) is 8.65. The minimum Gasteiger partial charge on any atom is -0.478 e. The van der Waals surface area contributed by atoms with E-state index in [9.17, 15) is 4.79 Å². The molecule has 0 saturated carbocycles. The van der Waals surface area contributed by atoms with Gasteiger partial charge in [0.05, 0.1) is 23.9 Å². The molecule has 2 heterocycles. The minimum atomic E-state index is -1.02. The molecule has 2 aromatic rings. The van der Waals surface area contributed by atoms with Gasteiger partial charge in [-0.15, -0.1) is 0 Å². The number of aromatic nitrogens is 3. The summed E-state index contributed by atoms with van der Waals surface area (Å²) in [5.41, 5.74) is 1.30. The molecule has 2 aromatic heterocycles. The molecule has 18 heavy (non-hydrogen) atoms. The largest absolute Gasteiger partial charge is 0.478 e. The number of carboxylic acid groups (broad SMARTS) is 1. The topological polar surface area (TPSA) is 89.3 Å². The van der Waals surface area contributed by atoms with Crippen molar-refractivity contribution in [2.75, 3.05) is 25.6 Å². The van der Waals surface area contributed by atoms with Crippen LogP contribution in [0.15, 0.2) is 12.4 Å². The molecule has 7 nitrogen and oxygen atoms in total. The maximum atomic E-state index is 11.2. The van der Waals surface area contributed by atoms with Gasteiger partial charge in [0.25, 0.3) is 0 Å². The van der Waals surface area contributed by atoms with Crippen LogP contribution in [0.3, 0.4) is 0 Å². The van der Waals surface area contributed by atoms with Crippen LogP contribution in [0.4, 0.5) is 5.69 Å². The van der Waals surface area contributed by atoms with Crippen molar-refractivity contribution in [1.82, 2.24) is 14.8 Å². The summed E-state index contributed by atoms with van der Waals surface area (Å²) in [5, 5.41) is 17.0. The molecule has 0 fully saturated rings. The second-order valence-corrected chi connectivity index (χ2v) is 3.78. The number of aromatic carboxylic acids is 1. The molecule has 0 saturated heterocycles. The Morgan fingerprint density at radius 3 is 3.00 bits per heavy atom. The van der Waals surface area contributed by atoms with Crippen LogP contribution < -0.4 is 5.32 Å². The number of nitrogens with one attached hydrogen (secondary N) is 1. The fourth-order valence-electron chi connectivity index (χ4n) is 1.73. The van der Waals surface area contributed by atoms with E-state index in [4.69, 9.17) is 9.84 Å². The molecule has 96 valence electrons. The van der Waals surface area contributed by atoms with Crippen molar-refractivity contribution >= 4 is 22.7 Å². The lowest BCUT2D eigenvalue weighted by atomic mass is 10.2. The van der Waals surface area contributed by atoms with E-state index >= 15 is 0 Å². The second-order valence-electron chi connectivity index (χ2n) is 3.78. The van der Waals surface area contributed by atoms with Gasteiger partial charge in [-0.1, -0.05) is 0 Å². The maximum absolute atomic E-state index is 11.2. The van der Waals surface area contributed by atoms with Crippen molar-refractivity contribution in [3.63, 3.8) is 0 Å². The van der Waals surface area contributed by atoms with Crippen LogP contribution >= 0.6 is 0 Å². The number of carbonyl (C=O) groups is 1. The van der Waals surface area contributed by atoms with Gasteiger partial charge >= 0.3 is 5.97 Å². The monoisotopic (exact) mass is 250 g/mol. The molecule has 2 N–H and O–H groups in total. The minimum absolute atomic E-state index is 0.131. The highest BCUT2D eigenvalue weighted by molar-refractivity contribution is 6.03. The molecule has 0 aliphatic carbocycles. The average Bonchev–Trinajstić information content (AvgIpc) is 2.72. The molecule has 2 rings (SSSR count). The highest BCUT2D eigenvalue weighted by atomic mass is 16.5. The summed E-state index contributed by atoms with van der Waals surface area (Å²) in [6.07, 6.45) is 2.94. The smallest absolute Gasteiger partial charge is 0.339 e. The van der Waals surface area contributed by atoms with Crippen molar-refractivity contribution < 1.29 is 14.6 Å². The third-order valence-corrected chi connectivity index (χ3v) is 2.60. The van der Waals surface area contributed by atoms with Gasteiger partial charge in [0.1, 0.15) is 5.56 Å². The fourth-order valence-corrected chi connectivity index (χ4v) is 1.73. The van der Waals surface area contributed by atoms with E-state index in [2.05, 4.69) is 15.4 Å². The lowest BCUT2D eigenvalue weighted by Crippen LogP contribution is -2.12. The quantitative estimate of drug-likeness (QED) is 0.760. The van der Waals surface area contributed by atoms with Gasteiger partial charge in [0, 0.05) is 26.9 Å². The third-order valence-electron chi connectivity index (χ3n) is 2.60. The first-order valence-corrected chi connectivity index (χ1v) is 5.42. The molecule has 7 heteroatoms. The normalized spacial score (nSPS) is 10.8. The van der Waals surface area contributed by atoms with E-state index in [0.29, 0.717) is 29.9 Å². The molecule has 0 amide bonds. The molecule has 0 aliphatic heterocycles. The number of hydrogen-bond donors (Lipinski definition) is 2. The Balaban J connectivity index is 2.48. The lowest BCUT2D eigenvalue weighted by molar-refractivity contribution is 0.0697. The van der Waals surface area contributed by atoms with Crippen molar-refractivity contribution in [2.45, 2.75) is 0 Å². The molecule has 0 aromatic carbocycles. The van der Waals surface area contributed by atoms with Crippen molar-refractivity contribution in [1.29, 1.82) is 0 Å². The van der Waals surface area contributed by atoms with Crippen LogP contribution in [-0.2, 0) is 11.8 Å². The van der Waals surface area contributed by atoms with Crippen LogP contribution in [0.2, 0.25) is 0 Å². The summed E-state index contributed by atoms with van der Waals surface area (Å²) in [7, 11) is 3.35. The average molecular weight is 250 g/mol. The fraction of sp³-hybridized carbons (Fsp3) is 0.364. The molecular formula is C11H14N4O3. The SMILES string of the molecule is COCCNc1c(C(=O)O)cnc2c1cnn2C. The number of ether oxygens (including phenoxy) is 1. The number of aryl methyl sites for hydroxylation is 1. The molecule has 0 radical (unpaired) electrons. The first kappa shape index (κ1) is 12.3. The van der Waals surface area contributed by atoms with E-state index in [-0.39, 0.29) is 5.56 Å². The Bertz CT molecular complexity index is 579. The van der Waals surface area contributed by atoms with Gasteiger partial charge in [-0.3, -0.25) is 4.68 Å². The van der Waals surface area contributed by atoms with Gasteiger partial charge in [-0.2, -0.15) is 5.10 Å². The Labute approximate surface area is 103 Å². The zero-order valence-corrected chi connectivity index (χ0v) is 10.2. The zero-order chi connectivity index (χ0) is 13.1. The lowest BCUT2D eigenvalue weighted by Gasteiger charge is -2.10. The molecule has 0 atom stereocenters. The maximum Gasteiger partial charge on any atom is 0.339 e. The van der Waals surface area contributed by atoms with Crippen LogP contribution in [0.25, 0.3) is 11.0 Å². The highest BCUT2D eigenvalue weighted by Crippen LogP contribution is 2.25. The summed E-state index contributed by atoms with van der Waals surface area (Å²) in [5.74, 6) is -1.02. The Kier molecular flexibility index (Phi) is 3.42. The van der Waals surface area contributed by atoms with E-state index < -0.39 is 5.97 Å². The number of rotatable bonds is 5. The second kappa shape index (κ2) is 5.01. The van der Waals surface area contributed by atoms with Crippen LogP contribution in [-0.4, -0.2) is 46.1 Å². The van der Waals surface area contributed by atoms with Gasteiger partial charge < -0.3 is 15.2 Å². The van der Waals surface area contributed by atoms with Crippen molar-refractivity contribution in [3.8, 4) is 0 Å². The molecule has 0 spiro atoms. The number of fused-ring (bicyclic) bond motifs is 1. The molecular weight excluding hydrogens is 236 g/mol. The Morgan fingerprint density at radius 1 is 1.56 bits per heavy atom. The number of pyridine rings is 1. The summed E-state index contributed by atoms with van der Waals surface area (Å²) in [4.78, 5) is 15.3. The van der Waals surface area contributed by atoms with Crippen LogP contribution in [0.5, 0.6) is 0 Å².